The van der Waals surface area contributed by atoms with Crippen molar-refractivity contribution in [2.45, 2.75) is 12.5 Å². The van der Waals surface area contributed by atoms with Crippen LogP contribution in [0.4, 0.5) is 8.78 Å². The quantitative estimate of drug-likeness (QED) is 0.466. The molecule has 0 amide bonds. The summed E-state index contributed by atoms with van der Waals surface area (Å²) in [6.07, 6.45) is 1.49. The number of allylic oxidation sites excluding steroid dienone is 1. The largest absolute Gasteiger partial charge is 0.463 e. The van der Waals surface area contributed by atoms with Crippen molar-refractivity contribution in [3.8, 4) is 34.8 Å². The molecule has 4 aromatic rings. The smallest absolute Gasteiger partial charge is 0.387 e. The van der Waals surface area contributed by atoms with Crippen molar-refractivity contribution in [2.24, 2.45) is 5.73 Å². The van der Waals surface area contributed by atoms with Crippen LogP contribution in [0.1, 0.15) is 17.0 Å². The summed E-state index contributed by atoms with van der Waals surface area (Å²) in [4.78, 5) is 0. The minimum absolute atomic E-state index is 0.0493. The van der Waals surface area contributed by atoms with E-state index in [1.54, 1.807) is 30.3 Å². The molecule has 1 aliphatic heterocycles. The zero-order valence-electron chi connectivity index (χ0n) is 17.0. The van der Waals surface area contributed by atoms with Crippen LogP contribution in [-0.2, 0) is 0 Å². The van der Waals surface area contributed by atoms with E-state index in [1.807, 2.05) is 30.3 Å². The number of rotatable bonds is 5. The number of fused-ring (bicyclic) bond motifs is 1. The van der Waals surface area contributed by atoms with Crippen LogP contribution < -0.4 is 15.2 Å². The van der Waals surface area contributed by atoms with E-state index in [-0.39, 0.29) is 23.1 Å². The lowest BCUT2D eigenvalue weighted by molar-refractivity contribution is -0.0504. The molecule has 2 aromatic heterocycles. The van der Waals surface area contributed by atoms with Gasteiger partial charge in [0.2, 0.25) is 11.8 Å². The Bertz CT molecular complexity index is 1370. The molecule has 9 heteroatoms. The lowest BCUT2D eigenvalue weighted by atomic mass is 9.83. The molecule has 33 heavy (non-hydrogen) atoms. The molecule has 1 atom stereocenters. The SMILES string of the molecule is N#CC1=C(N)Oc2c(c(-c3ccco3)nn2-c2ccccc2)[C@H]1c1ccccc1OC(F)F. The van der Waals surface area contributed by atoms with Crippen LogP contribution in [0.2, 0.25) is 0 Å². The van der Waals surface area contributed by atoms with Gasteiger partial charge in [0.1, 0.15) is 23.1 Å². The molecule has 5 rings (SSSR count). The van der Waals surface area contributed by atoms with Gasteiger partial charge in [-0.05, 0) is 30.3 Å². The first kappa shape index (κ1) is 20.3. The minimum atomic E-state index is -3.05. The fourth-order valence-electron chi connectivity index (χ4n) is 3.91. The summed E-state index contributed by atoms with van der Waals surface area (Å²) in [5.74, 6) is -0.444. The first-order chi connectivity index (χ1) is 16.1. The van der Waals surface area contributed by atoms with Crippen molar-refractivity contribution in [3.63, 3.8) is 0 Å². The zero-order chi connectivity index (χ0) is 22.9. The number of nitrogens with zero attached hydrogens (tertiary/aromatic N) is 3. The van der Waals surface area contributed by atoms with E-state index in [1.165, 1.54) is 17.0 Å². The molecule has 0 bridgehead atoms. The van der Waals surface area contributed by atoms with Crippen LogP contribution in [0, 0.1) is 11.3 Å². The van der Waals surface area contributed by atoms with Crippen molar-refractivity contribution in [2.75, 3.05) is 0 Å². The van der Waals surface area contributed by atoms with Crippen LogP contribution in [0.5, 0.6) is 11.6 Å². The lowest BCUT2D eigenvalue weighted by Crippen LogP contribution is -2.22. The fourth-order valence-corrected chi connectivity index (χ4v) is 3.91. The molecule has 3 heterocycles. The van der Waals surface area contributed by atoms with Gasteiger partial charge in [0.25, 0.3) is 0 Å². The number of halogens is 2. The number of benzene rings is 2. The Kier molecular flexibility index (Phi) is 5.03. The summed E-state index contributed by atoms with van der Waals surface area (Å²) in [6.45, 7) is -3.05. The first-order valence-electron chi connectivity index (χ1n) is 9.92. The molecule has 2 aromatic carbocycles. The van der Waals surface area contributed by atoms with Crippen molar-refractivity contribution in [1.29, 1.82) is 5.26 Å². The molecule has 2 N–H and O–H groups in total. The van der Waals surface area contributed by atoms with E-state index in [2.05, 4.69) is 6.07 Å². The van der Waals surface area contributed by atoms with Crippen molar-refractivity contribution < 1.29 is 22.7 Å². The number of hydrogen-bond acceptors (Lipinski definition) is 6. The number of hydrogen-bond donors (Lipinski definition) is 1. The van der Waals surface area contributed by atoms with Gasteiger partial charge in [-0.25, -0.2) is 0 Å². The van der Waals surface area contributed by atoms with Crippen molar-refractivity contribution in [3.05, 3.63) is 95.6 Å². The molecular formula is C24H16F2N4O3. The molecule has 0 saturated carbocycles. The number of furan rings is 1. The molecule has 0 saturated heterocycles. The summed E-state index contributed by atoms with van der Waals surface area (Å²) in [5.41, 5.74) is 8.02. The zero-order valence-corrected chi connectivity index (χ0v) is 17.0. The van der Waals surface area contributed by atoms with E-state index >= 15 is 0 Å². The second-order valence-electron chi connectivity index (χ2n) is 7.13. The van der Waals surface area contributed by atoms with Crippen LogP contribution in [0.3, 0.4) is 0 Å². The number of ether oxygens (including phenoxy) is 2. The highest BCUT2D eigenvalue weighted by Crippen LogP contribution is 2.49. The average Bonchev–Trinajstić information content (AvgIpc) is 3.47. The Labute approximate surface area is 186 Å². The molecular weight excluding hydrogens is 430 g/mol. The van der Waals surface area contributed by atoms with Crippen LogP contribution in [-0.4, -0.2) is 16.4 Å². The number of alkyl halides is 2. The van der Waals surface area contributed by atoms with E-state index in [0.29, 0.717) is 28.3 Å². The maximum Gasteiger partial charge on any atom is 0.387 e. The van der Waals surface area contributed by atoms with Crippen molar-refractivity contribution in [1.82, 2.24) is 9.78 Å². The molecule has 0 radical (unpaired) electrons. The summed E-state index contributed by atoms with van der Waals surface area (Å²) in [5, 5.41) is 14.6. The highest BCUT2D eigenvalue weighted by molar-refractivity contribution is 5.70. The van der Waals surface area contributed by atoms with E-state index in [4.69, 9.17) is 24.7 Å². The number of aromatic nitrogens is 2. The Morgan fingerprint density at radius 1 is 1.06 bits per heavy atom. The summed E-state index contributed by atoms with van der Waals surface area (Å²) in [7, 11) is 0. The second kappa shape index (κ2) is 8.16. The highest BCUT2D eigenvalue weighted by Gasteiger charge is 2.39. The molecule has 0 unspecified atom stereocenters. The molecule has 0 spiro atoms. The lowest BCUT2D eigenvalue weighted by Gasteiger charge is -2.26. The third kappa shape index (κ3) is 3.47. The van der Waals surface area contributed by atoms with Crippen LogP contribution in [0.15, 0.2) is 88.9 Å². The van der Waals surface area contributed by atoms with Gasteiger partial charge >= 0.3 is 6.61 Å². The van der Waals surface area contributed by atoms with Gasteiger partial charge in [-0.15, -0.1) is 0 Å². The summed E-state index contributed by atoms with van der Waals surface area (Å²) in [6, 6.07) is 20.9. The monoisotopic (exact) mass is 446 g/mol. The molecule has 0 aliphatic carbocycles. The first-order valence-corrected chi connectivity index (χ1v) is 9.92. The van der Waals surface area contributed by atoms with Gasteiger partial charge < -0.3 is 19.6 Å². The maximum atomic E-state index is 13.2. The standard InChI is InChI=1S/C24H16F2N4O3/c25-24(26)32-17-10-5-4-9-15(17)19-16(13-27)22(28)33-23-20(19)21(18-11-6-12-31-18)29-30(23)14-7-2-1-3-8-14/h1-12,19,24H,28H2/t19-/m0/s1. The third-order valence-electron chi connectivity index (χ3n) is 5.25. The van der Waals surface area contributed by atoms with Crippen LogP contribution >= 0.6 is 0 Å². The normalized spacial score (nSPS) is 15.2. The highest BCUT2D eigenvalue weighted by atomic mass is 19.3. The maximum absolute atomic E-state index is 13.2. The summed E-state index contributed by atoms with van der Waals surface area (Å²) >= 11 is 0. The van der Waals surface area contributed by atoms with E-state index in [0.717, 1.165) is 0 Å². The second-order valence-corrected chi connectivity index (χ2v) is 7.13. The molecule has 164 valence electrons. The predicted octanol–water partition coefficient (Wildman–Crippen LogP) is 4.95. The Morgan fingerprint density at radius 3 is 2.52 bits per heavy atom. The van der Waals surface area contributed by atoms with Gasteiger partial charge in [-0.1, -0.05) is 36.4 Å². The van der Waals surface area contributed by atoms with E-state index in [9.17, 15) is 14.0 Å². The number of para-hydroxylation sites is 2. The minimum Gasteiger partial charge on any atom is -0.463 e. The van der Waals surface area contributed by atoms with Gasteiger partial charge in [-0.2, -0.15) is 23.8 Å². The fraction of sp³-hybridized carbons (Fsp3) is 0.0833. The molecule has 0 fully saturated rings. The van der Waals surface area contributed by atoms with Gasteiger partial charge in [0, 0.05) is 5.56 Å². The topological polar surface area (TPSA) is 99.2 Å². The molecule has 7 nitrogen and oxygen atoms in total. The average molecular weight is 446 g/mol. The van der Waals surface area contributed by atoms with Crippen molar-refractivity contribution >= 4 is 0 Å². The van der Waals surface area contributed by atoms with E-state index < -0.39 is 12.5 Å². The van der Waals surface area contributed by atoms with Crippen LogP contribution in [0.25, 0.3) is 17.1 Å². The van der Waals surface area contributed by atoms with Gasteiger partial charge in [-0.3, -0.25) is 0 Å². The third-order valence-corrected chi connectivity index (χ3v) is 5.25. The molecule has 1 aliphatic rings. The number of nitrogens with two attached hydrogens (primary N) is 1. The predicted molar refractivity (Wildman–Crippen MR) is 114 cm³/mol. The van der Waals surface area contributed by atoms with Gasteiger partial charge in [0.05, 0.1) is 23.4 Å². The number of nitriles is 1. The summed E-state index contributed by atoms with van der Waals surface area (Å²) < 4.78 is 44.1. The Hall–Kier alpha value is -4.58. The Morgan fingerprint density at radius 2 is 1.82 bits per heavy atom. The van der Waals surface area contributed by atoms with Gasteiger partial charge in [0.15, 0.2) is 5.76 Å². The Balaban J connectivity index is 1.82.